The van der Waals surface area contributed by atoms with Gasteiger partial charge >= 0.3 is 0 Å². The second-order valence-corrected chi connectivity index (χ2v) is 8.35. The Hall–Kier alpha value is -1.32. The van der Waals surface area contributed by atoms with Gasteiger partial charge in [0, 0.05) is 42.7 Å². The molecule has 6 aliphatic rings. The molecule has 4 saturated heterocycles. The van der Waals surface area contributed by atoms with Crippen molar-refractivity contribution in [2.24, 2.45) is 11.8 Å². The van der Waals surface area contributed by atoms with Crippen LogP contribution in [0, 0.1) is 11.8 Å². The van der Waals surface area contributed by atoms with Crippen LogP contribution in [0.2, 0.25) is 0 Å². The van der Waals surface area contributed by atoms with E-state index in [0.29, 0.717) is 30.0 Å². The Morgan fingerprint density at radius 2 is 2.09 bits per heavy atom. The maximum Gasteiger partial charge on any atom is 0.0707 e. The van der Waals surface area contributed by atoms with Crippen LogP contribution in [0.25, 0.3) is 0 Å². The van der Waals surface area contributed by atoms with E-state index >= 15 is 0 Å². The summed E-state index contributed by atoms with van der Waals surface area (Å²) in [4.78, 5) is 5.25. The van der Waals surface area contributed by atoms with Crippen LogP contribution in [0.15, 0.2) is 35.9 Å². The number of nitrogens with zero attached hydrogens (tertiary/aromatic N) is 2. The van der Waals surface area contributed by atoms with Gasteiger partial charge in [0.05, 0.1) is 12.1 Å². The third kappa shape index (κ3) is 1.17. The first-order valence-corrected chi connectivity index (χ1v) is 9.09. The van der Waals surface area contributed by atoms with Gasteiger partial charge in [-0.2, -0.15) is 0 Å². The molecule has 1 spiro atoms. The summed E-state index contributed by atoms with van der Waals surface area (Å²) in [5.74, 6) is 1.05. The number of para-hydroxylation sites is 1. The molecule has 5 fully saturated rings. The van der Waals surface area contributed by atoms with Gasteiger partial charge in [0.1, 0.15) is 0 Å². The van der Waals surface area contributed by atoms with Gasteiger partial charge in [-0.1, -0.05) is 29.8 Å². The number of aliphatic hydroxyl groups excluding tert-OH is 1. The molecular formula is C20H24N2O. The molecule has 5 aliphatic heterocycles. The Morgan fingerprint density at radius 1 is 1.26 bits per heavy atom. The summed E-state index contributed by atoms with van der Waals surface area (Å²) in [6.07, 6.45) is 4.51. The Labute approximate surface area is 137 Å². The second kappa shape index (κ2) is 3.84. The van der Waals surface area contributed by atoms with Crippen molar-refractivity contribution in [3.63, 3.8) is 0 Å². The number of hydrogen-bond donors (Lipinski definition) is 1. The molecule has 1 aromatic rings. The van der Waals surface area contributed by atoms with Gasteiger partial charge < -0.3 is 10.0 Å². The highest BCUT2D eigenvalue weighted by atomic mass is 16.3. The number of piperidine rings is 4. The molecule has 1 saturated carbocycles. The average molecular weight is 308 g/mol. The number of fused-ring (bicyclic) bond motifs is 2. The monoisotopic (exact) mass is 308 g/mol. The standard InChI is InChI=1S/C20H24N2O/c1-3-11-10-22-15-8-12(11)17-16(22)9-20(19(17)23)13-6-4-5-7-14(13)21(2)18(15)20/h3-7,12,15-19,23H,8-10H2,1-2H3/t12-,15-,16-,17-,18-,19+,20+/m0/s1. The van der Waals surface area contributed by atoms with E-state index in [9.17, 15) is 5.11 Å². The number of benzene rings is 1. The topological polar surface area (TPSA) is 26.7 Å². The summed E-state index contributed by atoms with van der Waals surface area (Å²) >= 11 is 0. The normalized spacial score (nSPS) is 53.1. The zero-order valence-electron chi connectivity index (χ0n) is 13.8. The van der Waals surface area contributed by atoms with Crippen molar-refractivity contribution in [3.8, 4) is 0 Å². The van der Waals surface area contributed by atoms with Crippen LogP contribution in [-0.2, 0) is 5.41 Å². The smallest absolute Gasteiger partial charge is 0.0707 e. The quantitative estimate of drug-likeness (QED) is 0.744. The van der Waals surface area contributed by atoms with Crippen molar-refractivity contribution in [1.82, 2.24) is 4.90 Å². The molecule has 0 radical (unpaired) electrons. The van der Waals surface area contributed by atoms with Crippen LogP contribution in [0.4, 0.5) is 5.69 Å². The van der Waals surface area contributed by atoms with Crippen LogP contribution in [0.5, 0.6) is 0 Å². The summed E-state index contributed by atoms with van der Waals surface area (Å²) in [5.41, 5.74) is 4.32. The fraction of sp³-hybridized carbons (Fsp3) is 0.600. The van der Waals surface area contributed by atoms with Gasteiger partial charge in [0.15, 0.2) is 0 Å². The summed E-state index contributed by atoms with van der Waals surface area (Å²) in [6, 6.07) is 10.5. The molecule has 7 rings (SSSR count). The molecule has 3 nitrogen and oxygen atoms in total. The largest absolute Gasteiger partial charge is 0.392 e. The molecule has 1 N–H and O–H groups in total. The van der Waals surface area contributed by atoms with Crippen LogP contribution in [0.3, 0.4) is 0 Å². The van der Waals surface area contributed by atoms with E-state index in [1.54, 1.807) is 5.57 Å². The molecule has 1 aromatic carbocycles. The van der Waals surface area contributed by atoms with E-state index in [2.05, 4.69) is 54.1 Å². The summed E-state index contributed by atoms with van der Waals surface area (Å²) < 4.78 is 0. The molecule has 120 valence electrons. The number of rotatable bonds is 0. The zero-order chi connectivity index (χ0) is 15.5. The Morgan fingerprint density at radius 3 is 2.91 bits per heavy atom. The Balaban J connectivity index is 1.62. The van der Waals surface area contributed by atoms with Crippen LogP contribution in [-0.4, -0.2) is 47.8 Å². The number of hydrogen-bond acceptors (Lipinski definition) is 3. The van der Waals surface area contributed by atoms with Crippen LogP contribution >= 0.6 is 0 Å². The van der Waals surface area contributed by atoms with Crippen molar-refractivity contribution in [2.45, 2.75) is 49.4 Å². The number of allylic oxidation sites excluding steroid dienone is 1. The lowest BCUT2D eigenvalue weighted by atomic mass is 9.65. The third-order valence-electron chi connectivity index (χ3n) is 8.00. The molecule has 1 unspecified atom stereocenters. The van der Waals surface area contributed by atoms with E-state index in [4.69, 9.17) is 0 Å². The highest BCUT2D eigenvalue weighted by Crippen LogP contribution is 2.67. The lowest BCUT2D eigenvalue weighted by Gasteiger charge is -2.58. The number of anilines is 1. The molecule has 1 aliphatic carbocycles. The Kier molecular flexibility index (Phi) is 2.17. The van der Waals surface area contributed by atoms with Gasteiger partial charge in [0.25, 0.3) is 0 Å². The van der Waals surface area contributed by atoms with Gasteiger partial charge in [0.2, 0.25) is 0 Å². The van der Waals surface area contributed by atoms with Crippen molar-refractivity contribution in [2.75, 3.05) is 18.5 Å². The molecule has 5 heterocycles. The zero-order valence-corrected chi connectivity index (χ0v) is 13.8. The Bertz CT molecular complexity index is 743. The SMILES string of the molecule is CC=C1CN2[C@H]3C[C@@]45c6ccccc6N(C)[C@H]4[C@@H]2C[C@@H]1[C@@H]3[C@H]5O. The number of aliphatic hydroxyl groups is 1. The molecule has 8 atom stereocenters. The van der Waals surface area contributed by atoms with Crippen molar-refractivity contribution in [1.29, 1.82) is 0 Å². The predicted octanol–water partition coefficient (Wildman–Crippen LogP) is 2.16. The van der Waals surface area contributed by atoms with Crippen LogP contribution in [0.1, 0.15) is 25.3 Å². The first-order chi connectivity index (χ1) is 11.2. The third-order valence-corrected chi connectivity index (χ3v) is 8.00. The average Bonchev–Trinajstić information content (AvgIpc) is 2.98. The minimum absolute atomic E-state index is 0.0280. The first-order valence-electron chi connectivity index (χ1n) is 9.09. The molecule has 3 heteroatoms. The molecule has 0 amide bonds. The van der Waals surface area contributed by atoms with Gasteiger partial charge in [-0.25, -0.2) is 0 Å². The fourth-order valence-electron chi connectivity index (χ4n) is 7.35. The summed E-state index contributed by atoms with van der Waals surface area (Å²) in [6.45, 7) is 3.31. The van der Waals surface area contributed by atoms with Crippen molar-refractivity contribution < 1.29 is 5.11 Å². The minimum Gasteiger partial charge on any atom is -0.392 e. The summed E-state index contributed by atoms with van der Waals surface area (Å²) in [7, 11) is 2.25. The predicted molar refractivity (Wildman–Crippen MR) is 90.6 cm³/mol. The van der Waals surface area contributed by atoms with Gasteiger partial charge in [-0.15, -0.1) is 0 Å². The fourth-order valence-corrected chi connectivity index (χ4v) is 7.35. The van der Waals surface area contributed by atoms with Crippen LogP contribution < -0.4 is 4.90 Å². The van der Waals surface area contributed by atoms with Gasteiger partial charge in [-0.3, -0.25) is 4.90 Å². The maximum absolute atomic E-state index is 11.6. The van der Waals surface area contributed by atoms with Gasteiger partial charge in [-0.05, 0) is 37.3 Å². The van der Waals surface area contributed by atoms with E-state index in [0.717, 1.165) is 13.0 Å². The van der Waals surface area contributed by atoms with E-state index in [-0.39, 0.29) is 11.5 Å². The van der Waals surface area contributed by atoms with E-state index in [1.165, 1.54) is 17.7 Å². The van der Waals surface area contributed by atoms with Crippen molar-refractivity contribution >= 4 is 5.69 Å². The highest BCUT2D eigenvalue weighted by molar-refractivity contribution is 5.67. The molecule has 5 bridgehead atoms. The first kappa shape index (κ1) is 13.0. The number of likely N-dealkylation sites (N-methyl/N-ethyl adjacent to an activating group) is 1. The highest BCUT2D eigenvalue weighted by Gasteiger charge is 2.74. The lowest BCUT2D eigenvalue weighted by Crippen LogP contribution is -2.68. The second-order valence-electron chi connectivity index (χ2n) is 8.35. The molecular weight excluding hydrogens is 284 g/mol. The lowest BCUT2D eigenvalue weighted by molar-refractivity contribution is -0.0345. The maximum atomic E-state index is 11.6. The minimum atomic E-state index is -0.196. The van der Waals surface area contributed by atoms with Crippen molar-refractivity contribution in [3.05, 3.63) is 41.5 Å². The molecule has 23 heavy (non-hydrogen) atoms. The summed E-state index contributed by atoms with van der Waals surface area (Å²) in [5, 5.41) is 11.6. The van der Waals surface area contributed by atoms with E-state index in [1.807, 2.05) is 0 Å². The van der Waals surface area contributed by atoms with E-state index < -0.39 is 0 Å². The molecule has 0 aromatic heterocycles.